The number of hydrogen-bond donors (Lipinski definition) is 1. The highest BCUT2D eigenvalue weighted by atomic mass is 19.1. The number of carbonyl (C=O) groups is 1. The van der Waals surface area contributed by atoms with E-state index in [1.54, 1.807) is 18.2 Å². The minimum atomic E-state index is -0.630. The van der Waals surface area contributed by atoms with E-state index in [0.29, 0.717) is 35.5 Å². The number of fused-ring (bicyclic) bond motifs is 1. The maximum absolute atomic E-state index is 15.0. The van der Waals surface area contributed by atoms with Crippen LogP contribution in [0, 0.1) is 23.0 Å². The third kappa shape index (κ3) is 4.38. The van der Waals surface area contributed by atoms with E-state index in [4.69, 9.17) is 9.15 Å². The Balaban J connectivity index is 1.55. The van der Waals surface area contributed by atoms with Crippen LogP contribution in [0.4, 0.5) is 14.5 Å². The lowest BCUT2D eigenvalue weighted by atomic mass is 10.0. The molecule has 1 fully saturated rings. The van der Waals surface area contributed by atoms with Crippen LogP contribution in [0.15, 0.2) is 53.1 Å². The Hall–Kier alpha value is -4.09. The van der Waals surface area contributed by atoms with Gasteiger partial charge in [-0.3, -0.25) is 4.79 Å². The lowest BCUT2D eigenvalue weighted by Gasteiger charge is -2.24. The number of halogens is 2. The fourth-order valence-corrected chi connectivity index (χ4v) is 4.27. The SMILES string of the molecule is CC(=O)c1ccc(-c2cc3ncc(F)c(-c4ccc(NC5CCOCC5)c(C#N)c4)c3o2)c(F)c1. The second-order valence-electron chi connectivity index (χ2n) is 8.46. The van der Waals surface area contributed by atoms with Crippen LogP contribution >= 0.6 is 0 Å². The van der Waals surface area contributed by atoms with Gasteiger partial charge >= 0.3 is 0 Å². The quantitative estimate of drug-likeness (QED) is 0.352. The van der Waals surface area contributed by atoms with Crippen LogP contribution in [-0.2, 0) is 4.74 Å². The molecule has 1 aliphatic rings. The Labute approximate surface area is 200 Å². The smallest absolute Gasteiger partial charge is 0.164 e. The Morgan fingerprint density at radius 3 is 2.63 bits per heavy atom. The summed E-state index contributed by atoms with van der Waals surface area (Å²) in [6.07, 6.45) is 2.75. The van der Waals surface area contributed by atoms with Crippen molar-refractivity contribution in [2.24, 2.45) is 0 Å². The average Bonchev–Trinajstić information content (AvgIpc) is 3.29. The molecule has 1 saturated heterocycles. The highest BCUT2D eigenvalue weighted by Crippen LogP contribution is 2.37. The fourth-order valence-electron chi connectivity index (χ4n) is 4.27. The second-order valence-corrected chi connectivity index (χ2v) is 8.46. The van der Waals surface area contributed by atoms with Crippen LogP contribution in [0.1, 0.15) is 35.7 Å². The Kier molecular flexibility index (Phi) is 6.01. The van der Waals surface area contributed by atoms with Gasteiger partial charge in [0.05, 0.1) is 28.6 Å². The first kappa shape index (κ1) is 22.7. The summed E-state index contributed by atoms with van der Waals surface area (Å²) in [6.45, 7) is 2.68. The van der Waals surface area contributed by atoms with Crippen molar-refractivity contribution in [3.8, 4) is 28.5 Å². The van der Waals surface area contributed by atoms with Gasteiger partial charge in [-0.05, 0) is 49.6 Å². The van der Waals surface area contributed by atoms with Gasteiger partial charge in [-0.15, -0.1) is 0 Å². The van der Waals surface area contributed by atoms with Crippen molar-refractivity contribution in [1.29, 1.82) is 5.26 Å². The van der Waals surface area contributed by atoms with Gasteiger partial charge in [0.1, 0.15) is 23.2 Å². The van der Waals surface area contributed by atoms with Crippen LogP contribution in [0.5, 0.6) is 0 Å². The zero-order chi connectivity index (χ0) is 24.5. The molecule has 0 spiro atoms. The molecule has 6 nitrogen and oxygen atoms in total. The molecule has 0 unspecified atom stereocenters. The maximum Gasteiger partial charge on any atom is 0.164 e. The van der Waals surface area contributed by atoms with E-state index in [1.807, 2.05) is 0 Å². The standard InChI is InChI=1S/C27H21F2N3O3/c1-15(33)16-2-4-20(21(28)11-16)25-12-24-27(35-25)26(22(29)14-31-24)17-3-5-23(18(10-17)13-30)32-19-6-8-34-9-7-19/h2-5,10-12,14,19,32H,6-9H2,1H3. The summed E-state index contributed by atoms with van der Waals surface area (Å²) in [6, 6.07) is 13.1. The number of hydrogen-bond acceptors (Lipinski definition) is 6. The normalized spacial score (nSPS) is 14.1. The lowest BCUT2D eigenvalue weighted by molar-refractivity contribution is 0.0904. The number of furan rings is 1. The van der Waals surface area contributed by atoms with Gasteiger partial charge in [-0.2, -0.15) is 5.26 Å². The van der Waals surface area contributed by atoms with Crippen LogP contribution in [0.25, 0.3) is 33.6 Å². The third-order valence-electron chi connectivity index (χ3n) is 6.15. The molecule has 0 bridgehead atoms. The topological polar surface area (TPSA) is 88.1 Å². The molecule has 5 rings (SSSR count). The molecule has 0 atom stereocenters. The van der Waals surface area contributed by atoms with Crippen LogP contribution < -0.4 is 5.32 Å². The molecule has 176 valence electrons. The van der Waals surface area contributed by atoms with Gasteiger partial charge in [0, 0.05) is 30.9 Å². The number of nitrogens with one attached hydrogen (secondary N) is 1. The summed E-state index contributed by atoms with van der Waals surface area (Å²) in [5.41, 5.74) is 2.48. The first-order chi connectivity index (χ1) is 16.9. The summed E-state index contributed by atoms with van der Waals surface area (Å²) in [5.74, 6) is -1.35. The lowest BCUT2D eigenvalue weighted by Crippen LogP contribution is -2.28. The number of anilines is 1. The molecule has 0 aliphatic carbocycles. The highest BCUT2D eigenvalue weighted by Gasteiger charge is 2.21. The fraction of sp³-hybridized carbons (Fsp3) is 0.222. The van der Waals surface area contributed by atoms with Crippen molar-refractivity contribution in [2.45, 2.75) is 25.8 Å². The van der Waals surface area contributed by atoms with Gasteiger partial charge in [-0.1, -0.05) is 12.1 Å². The van der Waals surface area contributed by atoms with Gasteiger partial charge < -0.3 is 14.5 Å². The monoisotopic (exact) mass is 473 g/mol. The number of nitriles is 1. The van der Waals surface area contributed by atoms with Crippen molar-refractivity contribution in [3.63, 3.8) is 0 Å². The number of ether oxygens (including phenoxy) is 1. The Bertz CT molecular complexity index is 1480. The van der Waals surface area contributed by atoms with E-state index in [-0.39, 0.29) is 39.9 Å². The zero-order valence-corrected chi connectivity index (χ0v) is 18.9. The van der Waals surface area contributed by atoms with Crippen LogP contribution in [0.2, 0.25) is 0 Å². The van der Waals surface area contributed by atoms with Crippen LogP contribution in [-0.4, -0.2) is 30.0 Å². The molecule has 1 N–H and O–H groups in total. The summed E-state index contributed by atoms with van der Waals surface area (Å²) < 4.78 is 41.0. The number of carbonyl (C=O) groups excluding carboxylic acids is 1. The number of nitrogens with zero attached hydrogens (tertiary/aromatic N) is 2. The largest absolute Gasteiger partial charge is 0.453 e. The molecule has 1 aliphatic heterocycles. The minimum absolute atomic E-state index is 0.132. The van der Waals surface area contributed by atoms with E-state index in [0.717, 1.165) is 25.1 Å². The number of rotatable bonds is 5. The van der Waals surface area contributed by atoms with Crippen molar-refractivity contribution >= 4 is 22.6 Å². The van der Waals surface area contributed by atoms with Crippen LogP contribution in [0.3, 0.4) is 0 Å². The predicted octanol–water partition coefficient (Wildman–Crippen LogP) is 6.11. The van der Waals surface area contributed by atoms with Gasteiger partial charge in [0.2, 0.25) is 0 Å². The number of benzene rings is 2. The molecule has 2 aromatic heterocycles. The molecule has 0 radical (unpaired) electrons. The molecular weight excluding hydrogens is 452 g/mol. The minimum Gasteiger partial charge on any atom is -0.453 e. The van der Waals surface area contributed by atoms with Crippen molar-refractivity contribution in [1.82, 2.24) is 4.98 Å². The van der Waals surface area contributed by atoms with E-state index < -0.39 is 11.6 Å². The average molecular weight is 473 g/mol. The Morgan fingerprint density at radius 2 is 1.91 bits per heavy atom. The van der Waals surface area contributed by atoms with Gasteiger partial charge in [0.15, 0.2) is 17.2 Å². The van der Waals surface area contributed by atoms with Gasteiger partial charge in [0.25, 0.3) is 0 Å². The summed E-state index contributed by atoms with van der Waals surface area (Å²) in [4.78, 5) is 15.6. The van der Waals surface area contributed by atoms with E-state index in [9.17, 15) is 14.4 Å². The van der Waals surface area contributed by atoms with E-state index in [2.05, 4.69) is 16.4 Å². The number of pyridine rings is 1. The van der Waals surface area contributed by atoms with E-state index in [1.165, 1.54) is 25.1 Å². The molecule has 8 heteroatoms. The molecule has 0 amide bonds. The van der Waals surface area contributed by atoms with E-state index >= 15 is 4.39 Å². The third-order valence-corrected chi connectivity index (χ3v) is 6.15. The number of aromatic nitrogens is 1. The van der Waals surface area contributed by atoms with Crippen molar-refractivity contribution in [2.75, 3.05) is 18.5 Å². The Morgan fingerprint density at radius 1 is 1.11 bits per heavy atom. The number of ketones is 1. The highest BCUT2D eigenvalue weighted by molar-refractivity contribution is 5.95. The van der Waals surface area contributed by atoms with Crippen molar-refractivity contribution < 1.29 is 22.7 Å². The first-order valence-corrected chi connectivity index (χ1v) is 11.2. The maximum atomic E-state index is 15.0. The summed E-state index contributed by atoms with van der Waals surface area (Å²) in [5, 5.41) is 13.1. The summed E-state index contributed by atoms with van der Waals surface area (Å²) >= 11 is 0. The molecule has 3 heterocycles. The first-order valence-electron chi connectivity index (χ1n) is 11.2. The molecule has 35 heavy (non-hydrogen) atoms. The molecule has 0 saturated carbocycles. The van der Waals surface area contributed by atoms with Gasteiger partial charge in [-0.25, -0.2) is 13.8 Å². The molecule has 4 aromatic rings. The molecule has 2 aromatic carbocycles. The predicted molar refractivity (Wildman–Crippen MR) is 127 cm³/mol. The zero-order valence-electron chi connectivity index (χ0n) is 18.9. The number of Topliss-reactive ketones (excluding diaryl/α,β-unsaturated/α-hetero) is 1. The van der Waals surface area contributed by atoms with Crippen molar-refractivity contribution in [3.05, 3.63) is 71.4 Å². The molecular formula is C27H21F2N3O3. The summed E-state index contributed by atoms with van der Waals surface area (Å²) in [7, 11) is 0. The second kappa shape index (κ2) is 9.28.